The number of ether oxygens (including phenoxy) is 1. The molecule has 0 bridgehead atoms. The average Bonchev–Trinajstić information content (AvgIpc) is 2.60. The summed E-state index contributed by atoms with van der Waals surface area (Å²) in [6.07, 6.45) is 9.86. The molecule has 1 aliphatic heterocycles. The molecule has 0 saturated heterocycles. The maximum Gasteiger partial charge on any atom is 0.407 e. The van der Waals surface area contributed by atoms with Gasteiger partial charge in [0.1, 0.15) is 6.61 Å². The Morgan fingerprint density at radius 3 is 2.84 bits per heavy atom. The molecule has 0 fully saturated rings. The van der Waals surface area contributed by atoms with Crippen molar-refractivity contribution in [2.75, 3.05) is 26.2 Å². The molecule has 0 aromatic carbocycles. The van der Waals surface area contributed by atoms with Crippen molar-refractivity contribution in [3.05, 3.63) is 48.2 Å². The highest BCUT2D eigenvalue weighted by Gasteiger charge is 2.10. The first-order valence-electron chi connectivity index (χ1n) is 8.51. The third-order valence-corrected chi connectivity index (χ3v) is 3.83. The van der Waals surface area contributed by atoms with Crippen LogP contribution >= 0.6 is 0 Å². The van der Waals surface area contributed by atoms with Gasteiger partial charge in [-0.25, -0.2) is 4.79 Å². The van der Waals surface area contributed by atoms with Gasteiger partial charge in [0.25, 0.3) is 0 Å². The normalized spacial score (nSPS) is 16.2. The first kappa shape index (κ1) is 20.5. The van der Waals surface area contributed by atoms with Crippen LogP contribution in [0.25, 0.3) is 0 Å². The molecule has 0 spiro atoms. The zero-order valence-corrected chi connectivity index (χ0v) is 15.4. The Morgan fingerprint density at radius 1 is 1.48 bits per heavy atom. The number of carbonyl (C=O) groups excluding carboxylic acids is 2. The number of hydrogen-bond donors (Lipinski definition) is 2. The van der Waals surface area contributed by atoms with Gasteiger partial charge in [0.2, 0.25) is 5.91 Å². The highest BCUT2D eigenvalue weighted by Crippen LogP contribution is 2.10. The van der Waals surface area contributed by atoms with E-state index in [1.54, 1.807) is 26.0 Å². The SMILES string of the molecule is C=CC(C)NC(=O)OC/C=C(\C)C(=O)NCC1=CCN(/C=C/C)CC1. The molecular weight excluding hydrogens is 318 g/mol. The topological polar surface area (TPSA) is 70.7 Å². The lowest BCUT2D eigenvalue weighted by Gasteiger charge is -2.25. The average molecular weight is 347 g/mol. The smallest absolute Gasteiger partial charge is 0.407 e. The van der Waals surface area contributed by atoms with Gasteiger partial charge in [-0.05, 0) is 39.5 Å². The molecule has 138 valence electrons. The van der Waals surface area contributed by atoms with Gasteiger partial charge in [-0.15, -0.1) is 6.58 Å². The maximum atomic E-state index is 12.1. The van der Waals surface area contributed by atoms with Crippen LogP contribution in [0.3, 0.4) is 0 Å². The van der Waals surface area contributed by atoms with Crippen LogP contribution in [0.4, 0.5) is 4.79 Å². The molecule has 2 amide bonds. The van der Waals surface area contributed by atoms with E-state index in [1.807, 2.05) is 13.0 Å². The molecule has 25 heavy (non-hydrogen) atoms. The van der Waals surface area contributed by atoms with Crippen molar-refractivity contribution >= 4 is 12.0 Å². The fourth-order valence-corrected chi connectivity index (χ4v) is 2.19. The minimum Gasteiger partial charge on any atom is -0.445 e. The Hall–Kier alpha value is -2.50. The van der Waals surface area contributed by atoms with Gasteiger partial charge in [-0.2, -0.15) is 0 Å². The molecule has 0 aliphatic carbocycles. The van der Waals surface area contributed by atoms with Gasteiger partial charge in [-0.1, -0.05) is 23.8 Å². The maximum absolute atomic E-state index is 12.1. The number of rotatable bonds is 8. The molecule has 0 radical (unpaired) electrons. The van der Waals surface area contributed by atoms with Crippen LogP contribution in [0.15, 0.2) is 48.2 Å². The fourth-order valence-electron chi connectivity index (χ4n) is 2.19. The summed E-state index contributed by atoms with van der Waals surface area (Å²) in [5.74, 6) is -0.153. The predicted molar refractivity (Wildman–Crippen MR) is 100.0 cm³/mol. The zero-order chi connectivity index (χ0) is 18.7. The van der Waals surface area contributed by atoms with Crippen molar-refractivity contribution in [3.8, 4) is 0 Å². The second kappa shape index (κ2) is 11.1. The van der Waals surface area contributed by atoms with Crippen LogP contribution in [0, 0.1) is 0 Å². The Kier molecular flexibility index (Phi) is 9.14. The second-order valence-electron chi connectivity index (χ2n) is 5.93. The molecule has 1 rings (SSSR count). The van der Waals surface area contributed by atoms with E-state index in [9.17, 15) is 9.59 Å². The lowest BCUT2D eigenvalue weighted by atomic mass is 10.1. The molecular formula is C19H29N3O3. The number of alkyl carbamates (subject to hydrolysis) is 1. The summed E-state index contributed by atoms with van der Waals surface area (Å²) >= 11 is 0. The van der Waals surface area contributed by atoms with E-state index < -0.39 is 6.09 Å². The van der Waals surface area contributed by atoms with Crippen LogP contribution in [0.5, 0.6) is 0 Å². The molecule has 0 aromatic rings. The van der Waals surface area contributed by atoms with Gasteiger partial charge in [0, 0.05) is 31.2 Å². The summed E-state index contributed by atoms with van der Waals surface area (Å²) in [5, 5.41) is 5.48. The van der Waals surface area contributed by atoms with Gasteiger partial charge >= 0.3 is 6.09 Å². The summed E-state index contributed by atoms with van der Waals surface area (Å²) in [6.45, 7) is 11.5. The van der Waals surface area contributed by atoms with Gasteiger partial charge in [0.05, 0.1) is 0 Å². The van der Waals surface area contributed by atoms with Gasteiger partial charge in [-0.3, -0.25) is 4.79 Å². The van der Waals surface area contributed by atoms with Crippen molar-refractivity contribution in [2.24, 2.45) is 0 Å². The first-order valence-corrected chi connectivity index (χ1v) is 8.51. The molecule has 1 heterocycles. The molecule has 0 saturated carbocycles. The van der Waals surface area contributed by atoms with E-state index in [4.69, 9.17) is 4.74 Å². The second-order valence-corrected chi connectivity index (χ2v) is 5.93. The molecule has 1 unspecified atom stereocenters. The van der Waals surface area contributed by atoms with Crippen LogP contribution in [0.2, 0.25) is 0 Å². The van der Waals surface area contributed by atoms with Crippen molar-refractivity contribution in [3.63, 3.8) is 0 Å². The quantitative estimate of drug-likeness (QED) is 0.523. The summed E-state index contributed by atoms with van der Waals surface area (Å²) < 4.78 is 4.99. The van der Waals surface area contributed by atoms with Gasteiger partial charge < -0.3 is 20.3 Å². The Balaban J connectivity index is 2.32. The van der Waals surface area contributed by atoms with E-state index in [0.29, 0.717) is 12.1 Å². The van der Waals surface area contributed by atoms with Crippen molar-refractivity contribution < 1.29 is 14.3 Å². The van der Waals surface area contributed by atoms with Gasteiger partial charge in [0.15, 0.2) is 0 Å². The van der Waals surface area contributed by atoms with E-state index in [0.717, 1.165) is 19.5 Å². The predicted octanol–water partition coefficient (Wildman–Crippen LogP) is 2.52. The molecule has 2 N–H and O–H groups in total. The summed E-state index contributed by atoms with van der Waals surface area (Å²) in [4.78, 5) is 25.7. The van der Waals surface area contributed by atoms with Crippen LogP contribution in [-0.4, -0.2) is 49.2 Å². The van der Waals surface area contributed by atoms with Crippen LogP contribution in [0.1, 0.15) is 27.2 Å². The van der Waals surface area contributed by atoms with E-state index >= 15 is 0 Å². The molecule has 6 heteroatoms. The van der Waals surface area contributed by atoms with Crippen molar-refractivity contribution in [1.82, 2.24) is 15.5 Å². The molecule has 0 aromatic heterocycles. The highest BCUT2D eigenvalue weighted by atomic mass is 16.5. The third-order valence-electron chi connectivity index (χ3n) is 3.83. The Bertz CT molecular complexity index is 564. The number of amides is 2. The van der Waals surface area contributed by atoms with Crippen molar-refractivity contribution in [1.29, 1.82) is 0 Å². The van der Waals surface area contributed by atoms with E-state index in [2.05, 4.69) is 34.4 Å². The highest BCUT2D eigenvalue weighted by molar-refractivity contribution is 5.92. The number of nitrogens with zero attached hydrogens (tertiary/aromatic N) is 1. The summed E-state index contributed by atoms with van der Waals surface area (Å²) in [6, 6.07) is -0.159. The Morgan fingerprint density at radius 2 is 2.24 bits per heavy atom. The lowest BCUT2D eigenvalue weighted by molar-refractivity contribution is -0.117. The van der Waals surface area contributed by atoms with E-state index in [1.165, 1.54) is 5.57 Å². The van der Waals surface area contributed by atoms with Crippen molar-refractivity contribution in [2.45, 2.75) is 33.2 Å². The largest absolute Gasteiger partial charge is 0.445 e. The molecule has 6 nitrogen and oxygen atoms in total. The fraction of sp³-hybridized carbons (Fsp3) is 0.474. The van der Waals surface area contributed by atoms with E-state index in [-0.39, 0.29) is 18.6 Å². The minimum atomic E-state index is -0.532. The zero-order valence-electron chi connectivity index (χ0n) is 15.4. The minimum absolute atomic E-state index is 0.0515. The number of carbonyl (C=O) groups is 2. The number of nitrogens with one attached hydrogen (secondary N) is 2. The molecule has 1 aliphatic rings. The third kappa shape index (κ3) is 8.24. The summed E-state index contributed by atoms with van der Waals surface area (Å²) in [5.41, 5.74) is 1.76. The Labute approximate surface area is 150 Å². The standard InChI is InChI=1S/C19H29N3O3/c1-5-10-22-11-7-17(8-12-22)14-20-18(23)15(3)9-13-25-19(24)21-16(4)6-2/h5-7,9-10,16H,2,8,11-14H2,1,3-4H3,(H,20,23)(H,21,24)/b10-5+,15-9+. The lowest BCUT2D eigenvalue weighted by Crippen LogP contribution is -2.32. The molecule has 1 atom stereocenters. The summed E-state index contributed by atoms with van der Waals surface area (Å²) in [7, 11) is 0. The first-order chi connectivity index (χ1) is 12.0. The number of allylic oxidation sites excluding steroid dienone is 1. The monoisotopic (exact) mass is 347 g/mol. The number of hydrogen-bond acceptors (Lipinski definition) is 4. The van der Waals surface area contributed by atoms with Crippen LogP contribution in [-0.2, 0) is 9.53 Å². The van der Waals surface area contributed by atoms with Crippen LogP contribution < -0.4 is 10.6 Å².